The third-order valence-electron chi connectivity index (χ3n) is 6.19. The van der Waals surface area contributed by atoms with Crippen molar-refractivity contribution in [3.63, 3.8) is 0 Å². The SMILES string of the molecule is CNc1sc2c(c1C(=O)Nc1ccc(CCCc3ccc(CCO)cc3)cc1)CCCC2. The second kappa shape index (κ2) is 10.8. The Balaban J connectivity index is 1.32. The van der Waals surface area contributed by atoms with Gasteiger partial charge in [0, 0.05) is 24.2 Å². The average molecular weight is 449 g/mol. The van der Waals surface area contributed by atoms with Gasteiger partial charge in [-0.1, -0.05) is 36.4 Å². The van der Waals surface area contributed by atoms with Crippen molar-refractivity contribution >= 4 is 27.9 Å². The standard InChI is InChI=1S/C27H32N2O2S/c1-28-27-25(23-7-2-3-8-24(23)32-27)26(31)29-22-15-13-20(14-16-22)6-4-5-19-9-11-21(12-10-19)17-18-30/h9-16,28,30H,2-8,17-18H2,1H3,(H,29,31). The summed E-state index contributed by atoms with van der Waals surface area (Å²) in [5, 5.41) is 16.3. The van der Waals surface area contributed by atoms with Crippen LogP contribution in [0.5, 0.6) is 0 Å². The molecule has 4 nitrogen and oxygen atoms in total. The molecule has 1 heterocycles. The lowest BCUT2D eigenvalue weighted by molar-refractivity contribution is 0.102. The fourth-order valence-electron chi connectivity index (χ4n) is 4.43. The highest BCUT2D eigenvalue weighted by Crippen LogP contribution is 2.38. The Morgan fingerprint density at radius 1 is 0.906 bits per heavy atom. The monoisotopic (exact) mass is 448 g/mol. The van der Waals surface area contributed by atoms with Gasteiger partial charge < -0.3 is 15.7 Å². The molecule has 0 saturated heterocycles. The van der Waals surface area contributed by atoms with E-state index < -0.39 is 0 Å². The number of benzene rings is 2. The molecule has 0 spiro atoms. The molecule has 0 bridgehead atoms. The number of rotatable bonds is 9. The zero-order valence-corrected chi connectivity index (χ0v) is 19.6. The molecule has 5 heteroatoms. The zero-order chi connectivity index (χ0) is 22.3. The van der Waals surface area contributed by atoms with E-state index in [2.05, 4.69) is 47.0 Å². The van der Waals surface area contributed by atoms with Gasteiger partial charge in [0.1, 0.15) is 5.00 Å². The Morgan fingerprint density at radius 2 is 1.50 bits per heavy atom. The van der Waals surface area contributed by atoms with Gasteiger partial charge in [0.05, 0.1) is 5.56 Å². The number of amides is 1. The van der Waals surface area contributed by atoms with Crippen LogP contribution in [0.2, 0.25) is 0 Å². The van der Waals surface area contributed by atoms with Gasteiger partial charge in [-0.2, -0.15) is 0 Å². The highest BCUT2D eigenvalue weighted by molar-refractivity contribution is 7.16. The smallest absolute Gasteiger partial charge is 0.258 e. The van der Waals surface area contributed by atoms with Gasteiger partial charge in [0.15, 0.2) is 0 Å². The third kappa shape index (κ3) is 5.40. The number of thiophene rings is 1. The average Bonchev–Trinajstić information content (AvgIpc) is 3.20. The van der Waals surface area contributed by atoms with Crippen LogP contribution in [-0.2, 0) is 32.1 Å². The molecule has 0 unspecified atom stereocenters. The molecule has 3 N–H and O–H groups in total. The van der Waals surface area contributed by atoms with Gasteiger partial charge in [0.2, 0.25) is 0 Å². The fraction of sp³-hybridized carbons (Fsp3) is 0.370. The molecule has 2 aromatic carbocycles. The minimum absolute atomic E-state index is 0.00820. The summed E-state index contributed by atoms with van der Waals surface area (Å²) in [6, 6.07) is 16.8. The van der Waals surface area contributed by atoms with Crippen molar-refractivity contribution in [3.8, 4) is 0 Å². The first kappa shape index (κ1) is 22.6. The molecular formula is C27H32N2O2S. The Hall–Kier alpha value is -2.63. The lowest BCUT2D eigenvalue weighted by atomic mass is 9.95. The molecular weight excluding hydrogens is 416 g/mol. The first-order valence-electron chi connectivity index (χ1n) is 11.6. The van der Waals surface area contributed by atoms with Crippen molar-refractivity contribution in [3.05, 3.63) is 81.2 Å². The number of aliphatic hydroxyl groups is 1. The summed E-state index contributed by atoms with van der Waals surface area (Å²) in [6.07, 6.45) is 8.31. The molecule has 32 heavy (non-hydrogen) atoms. The van der Waals surface area contributed by atoms with Crippen LogP contribution >= 0.6 is 11.3 Å². The summed E-state index contributed by atoms with van der Waals surface area (Å²) < 4.78 is 0. The van der Waals surface area contributed by atoms with E-state index in [1.165, 1.54) is 33.6 Å². The molecule has 168 valence electrons. The summed E-state index contributed by atoms with van der Waals surface area (Å²) in [5.41, 5.74) is 6.71. The van der Waals surface area contributed by atoms with Crippen molar-refractivity contribution in [2.75, 3.05) is 24.3 Å². The quantitative estimate of drug-likeness (QED) is 0.397. The van der Waals surface area contributed by atoms with Crippen LogP contribution in [0.15, 0.2) is 48.5 Å². The molecule has 0 atom stereocenters. The number of hydrogen-bond donors (Lipinski definition) is 3. The van der Waals surface area contributed by atoms with E-state index in [0.29, 0.717) is 6.42 Å². The molecule has 0 radical (unpaired) electrons. The second-order valence-electron chi connectivity index (χ2n) is 8.46. The Morgan fingerprint density at radius 3 is 2.12 bits per heavy atom. The van der Waals surface area contributed by atoms with Crippen LogP contribution < -0.4 is 10.6 Å². The first-order valence-corrected chi connectivity index (χ1v) is 12.4. The molecule has 0 saturated carbocycles. The van der Waals surface area contributed by atoms with E-state index >= 15 is 0 Å². The van der Waals surface area contributed by atoms with Crippen LogP contribution in [0.25, 0.3) is 0 Å². The molecule has 0 aliphatic heterocycles. The molecule has 1 aromatic heterocycles. The number of fused-ring (bicyclic) bond motifs is 1. The molecule has 1 aliphatic carbocycles. The zero-order valence-electron chi connectivity index (χ0n) is 18.7. The van der Waals surface area contributed by atoms with E-state index in [0.717, 1.165) is 54.8 Å². The first-order chi connectivity index (χ1) is 15.7. The number of hydrogen-bond acceptors (Lipinski definition) is 4. The largest absolute Gasteiger partial charge is 0.396 e. The predicted octanol–water partition coefficient (Wildman–Crippen LogP) is 5.63. The van der Waals surface area contributed by atoms with Crippen LogP contribution in [0.4, 0.5) is 10.7 Å². The highest BCUT2D eigenvalue weighted by Gasteiger charge is 2.24. The van der Waals surface area contributed by atoms with Crippen LogP contribution in [0.3, 0.4) is 0 Å². The van der Waals surface area contributed by atoms with Crippen LogP contribution in [0, 0.1) is 0 Å². The summed E-state index contributed by atoms with van der Waals surface area (Å²) >= 11 is 1.73. The Bertz CT molecular complexity index is 1040. The second-order valence-corrected chi connectivity index (χ2v) is 9.56. The number of aryl methyl sites for hydroxylation is 3. The topological polar surface area (TPSA) is 61.4 Å². The maximum Gasteiger partial charge on any atom is 0.258 e. The highest BCUT2D eigenvalue weighted by atomic mass is 32.1. The van der Waals surface area contributed by atoms with Gasteiger partial charge in [-0.25, -0.2) is 0 Å². The van der Waals surface area contributed by atoms with Gasteiger partial charge in [-0.15, -0.1) is 11.3 Å². The van der Waals surface area contributed by atoms with Gasteiger partial charge in [0.25, 0.3) is 5.91 Å². The van der Waals surface area contributed by atoms with E-state index in [-0.39, 0.29) is 12.5 Å². The van der Waals surface area contributed by atoms with Crippen molar-refractivity contribution in [1.82, 2.24) is 0 Å². The molecule has 3 aromatic rings. The predicted molar refractivity (Wildman–Crippen MR) is 134 cm³/mol. The van der Waals surface area contributed by atoms with Gasteiger partial charge in [-0.3, -0.25) is 4.79 Å². The lowest BCUT2D eigenvalue weighted by Crippen LogP contribution is -2.16. The van der Waals surface area contributed by atoms with Crippen molar-refractivity contribution < 1.29 is 9.90 Å². The Kier molecular flexibility index (Phi) is 7.61. The summed E-state index contributed by atoms with van der Waals surface area (Å²) in [6.45, 7) is 0.196. The number of carbonyl (C=O) groups is 1. The molecule has 4 rings (SSSR count). The summed E-state index contributed by atoms with van der Waals surface area (Å²) in [7, 11) is 1.90. The van der Waals surface area contributed by atoms with E-state index in [1.807, 2.05) is 19.2 Å². The van der Waals surface area contributed by atoms with E-state index in [4.69, 9.17) is 5.11 Å². The number of nitrogens with one attached hydrogen (secondary N) is 2. The third-order valence-corrected chi connectivity index (χ3v) is 7.50. The number of aliphatic hydroxyl groups excluding tert-OH is 1. The van der Waals surface area contributed by atoms with Gasteiger partial charge >= 0.3 is 0 Å². The number of carbonyl (C=O) groups excluding carboxylic acids is 1. The minimum Gasteiger partial charge on any atom is -0.396 e. The van der Waals surface area contributed by atoms with Crippen molar-refractivity contribution in [2.45, 2.75) is 51.4 Å². The maximum absolute atomic E-state index is 13.0. The fourth-order valence-corrected chi connectivity index (χ4v) is 5.67. The number of anilines is 2. The molecule has 1 aliphatic rings. The van der Waals surface area contributed by atoms with Crippen molar-refractivity contribution in [2.24, 2.45) is 0 Å². The summed E-state index contributed by atoms with van der Waals surface area (Å²) in [4.78, 5) is 14.4. The maximum atomic E-state index is 13.0. The van der Waals surface area contributed by atoms with Gasteiger partial charge in [-0.05, 0) is 85.8 Å². The van der Waals surface area contributed by atoms with E-state index in [1.54, 1.807) is 11.3 Å². The normalized spacial score (nSPS) is 12.9. The Labute approximate surface area is 194 Å². The van der Waals surface area contributed by atoms with Crippen LogP contribution in [-0.4, -0.2) is 24.7 Å². The minimum atomic E-state index is -0.00820. The van der Waals surface area contributed by atoms with E-state index in [9.17, 15) is 4.79 Å². The summed E-state index contributed by atoms with van der Waals surface area (Å²) in [5.74, 6) is -0.00820. The molecule has 0 fully saturated rings. The lowest BCUT2D eigenvalue weighted by Gasteiger charge is -2.13. The van der Waals surface area contributed by atoms with Crippen molar-refractivity contribution in [1.29, 1.82) is 0 Å². The molecule has 1 amide bonds. The van der Waals surface area contributed by atoms with Crippen LogP contribution in [0.1, 0.15) is 56.8 Å².